The number of halogens is 2. The number of benzene rings is 1. The van der Waals surface area contributed by atoms with Crippen LogP contribution in [-0.4, -0.2) is 13.7 Å². The maximum absolute atomic E-state index is 13.9. The molecule has 1 aromatic rings. The summed E-state index contributed by atoms with van der Waals surface area (Å²) in [5.41, 5.74) is 0.148. The van der Waals surface area contributed by atoms with E-state index in [2.05, 4.69) is 5.32 Å². The van der Waals surface area contributed by atoms with Gasteiger partial charge < -0.3 is 10.1 Å². The van der Waals surface area contributed by atoms with Gasteiger partial charge in [0.1, 0.15) is 17.4 Å². The van der Waals surface area contributed by atoms with E-state index in [1.165, 1.54) is 19.2 Å². The fraction of sp³-hybridized carbons (Fsp3) is 0.538. The van der Waals surface area contributed by atoms with Crippen LogP contribution in [0.1, 0.15) is 31.4 Å². The van der Waals surface area contributed by atoms with Crippen LogP contribution in [-0.2, 0) is 0 Å². The van der Waals surface area contributed by atoms with Crippen LogP contribution in [0, 0.1) is 17.6 Å². The van der Waals surface area contributed by atoms with Crippen LogP contribution in [0.5, 0.6) is 5.75 Å². The van der Waals surface area contributed by atoms with Crippen molar-refractivity contribution in [1.82, 2.24) is 5.32 Å². The molecule has 0 saturated heterocycles. The normalized spacial score (nSPS) is 16.9. The molecule has 0 heterocycles. The highest BCUT2D eigenvalue weighted by Crippen LogP contribution is 2.42. The Morgan fingerprint density at radius 3 is 2.35 bits per heavy atom. The topological polar surface area (TPSA) is 21.3 Å². The fourth-order valence-electron chi connectivity index (χ4n) is 2.13. The quantitative estimate of drug-likeness (QED) is 0.855. The lowest BCUT2D eigenvalue weighted by Crippen LogP contribution is -2.24. The molecule has 1 aliphatic carbocycles. The number of hydrogen-bond donors (Lipinski definition) is 1. The van der Waals surface area contributed by atoms with Gasteiger partial charge in [-0.3, -0.25) is 0 Å². The molecular formula is C13H17F2NO. The van der Waals surface area contributed by atoms with Gasteiger partial charge >= 0.3 is 0 Å². The molecule has 94 valence electrons. The van der Waals surface area contributed by atoms with Gasteiger partial charge in [-0.05, 0) is 25.3 Å². The number of nitrogens with one attached hydrogen (secondary N) is 1. The molecule has 0 amide bonds. The summed E-state index contributed by atoms with van der Waals surface area (Å²) in [4.78, 5) is 0. The monoisotopic (exact) mass is 241 g/mol. The van der Waals surface area contributed by atoms with E-state index in [4.69, 9.17) is 4.74 Å². The first-order chi connectivity index (χ1) is 8.17. The molecule has 0 aromatic heterocycles. The van der Waals surface area contributed by atoms with Crippen molar-refractivity contribution >= 4 is 0 Å². The Labute approximate surface area is 100.0 Å². The van der Waals surface area contributed by atoms with E-state index in [0.717, 1.165) is 12.8 Å². The lowest BCUT2D eigenvalue weighted by molar-refractivity contribution is 0.396. The van der Waals surface area contributed by atoms with Gasteiger partial charge in [-0.25, -0.2) is 8.78 Å². The average molecular weight is 241 g/mol. The van der Waals surface area contributed by atoms with E-state index in [1.807, 2.05) is 6.92 Å². The van der Waals surface area contributed by atoms with Gasteiger partial charge in [-0.2, -0.15) is 0 Å². The van der Waals surface area contributed by atoms with Gasteiger partial charge in [-0.1, -0.05) is 6.92 Å². The predicted molar refractivity (Wildman–Crippen MR) is 62.1 cm³/mol. The van der Waals surface area contributed by atoms with Crippen molar-refractivity contribution in [3.8, 4) is 5.75 Å². The second kappa shape index (κ2) is 5.00. The van der Waals surface area contributed by atoms with Crippen LogP contribution in [0.15, 0.2) is 12.1 Å². The SMILES string of the molecule is CCNC(c1c(F)cc(OC)cc1F)C1CC1. The lowest BCUT2D eigenvalue weighted by atomic mass is 10.0. The van der Waals surface area contributed by atoms with E-state index in [1.54, 1.807) is 0 Å². The fourth-order valence-corrected chi connectivity index (χ4v) is 2.13. The second-order valence-electron chi connectivity index (χ2n) is 4.38. The van der Waals surface area contributed by atoms with Crippen molar-refractivity contribution < 1.29 is 13.5 Å². The molecule has 0 radical (unpaired) electrons. The summed E-state index contributed by atoms with van der Waals surface area (Å²) in [7, 11) is 1.40. The molecular weight excluding hydrogens is 224 g/mol. The molecule has 0 spiro atoms. The molecule has 1 aromatic carbocycles. The molecule has 17 heavy (non-hydrogen) atoms. The summed E-state index contributed by atoms with van der Waals surface area (Å²) in [5.74, 6) is -0.485. The second-order valence-corrected chi connectivity index (χ2v) is 4.38. The van der Waals surface area contributed by atoms with Gasteiger partial charge in [0.15, 0.2) is 0 Å². The highest BCUT2D eigenvalue weighted by molar-refractivity contribution is 5.33. The van der Waals surface area contributed by atoms with E-state index >= 15 is 0 Å². The first-order valence-electron chi connectivity index (χ1n) is 5.93. The van der Waals surface area contributed by atoms with Crippen molar-refractivity contribution in [1.29, 1.82) is 0 Å². The molecule has 1 saturated carbocycles. The standard InChI is InChI=1S/C13H17F2NO/c1-3-16-13(8-4-5-8)12-10(14)6-9(17-2)7-11(12)15/h6-8,13,16H,3-5H2,1-2H3. The van der Waals surface area contributed by atoms with Crippen LogP contribution < -0.4 is 10.1 Å². The molecule has 2 nitrogen and oxygen atoms in total. The van der Waals surface area contributed by atoms with Crippen molar-refractivity contribution in [2.75, 3.05) is 13.7 Å². The predicted octanol–water partition coefficient (Wildman–Crippen LogP) is 3.03. The Bertz CT molecular complexity index is 381. The first-order valence-corrected chi connectivity index (χ1v) is 5.93. The number of rotatable bonds is 5. The maximum Gasteiger partial charge on any atom is 0.134 e. The summed E-state index contributed by atoms with van der Waals surface area (Å²) in [6.45, 7) is 2.64. The zero-order valence-electron chi connectivity index (χ0n) is 10.1. The number of ether oxygens (including phenoxy) is 1. The van der Waals surface area contributed by atoms with Gasteiger partial charge in [0.25, 0.3) is 0 Å². The minimum Gasteiger partial charge on any atom is -0.497 e. The third-order valence-electron chi connectivity index (χ3n) is 3.12. The van der Waals surface area contributed by atoms with Gasteiger partial charge in [0.05, 0.1) is 7.11 Å². The molecule has 0 aliphatic heterocycles. The van der Waals surface area contributed by atoms with Crippen molar-refractivity contribution in [2.24, 2.45) is 5.92 Å². The Hall–Kier alpha value is -1.16. The summed E-state index contributed by atoms with van der Waals surface area (Å²) in [6.07, 6.45) is 2.06. The van der Waals surface area contributed by atoms with E-state index in [9.17, 15) is 8.78 Å². The molecule has 1 atom stereocenters. The van der Waals surface area contributed by atoms with E-state index in [-0.39, 0.29) is 17.4 Å². The van der Waals surface area contributed by atoms with Crippen LogP contribution >= 0.6 is 0 Å². The first kappa shape index (κ1) is 12.3. The summed E-state index contributed by atoms with van der Waals surface area (Å²) in [5, 5.41) is 3.16. The third-order valence-corrected chi connectivity index (χ3v) is 3.12. The molecule has 0 bridgehead atoms. The third kappa shape index (κ3) is 2.57. The van der Waals surface area contributed by atoms with Gasteiger partial charge in [0, 0.05) is 23.7 Å². The van der Waals surface area contributed by atoms with Crippen LogP contribution in [0.4, 0.5) is 8.78 Å². The summed E-state index contributed by atoms with van der Waals surface area (Å²) in [6, 6.07) is 2.27. The minimum absolute atomic E-state index is 0.148. The smallest absolute Gasteiger partial charge is 0.134 e. The Morgan fingerprint density at radius 1 is 1.35 bits per heavy atom. The molecule has 1 unspecified atom stereocenters. The Morgan fingerprint density at radius 2 is 1.94 bits per heavy atom. The van der Waals surface area contributed by atoms with Crippen molar-refractivity contribution in [2.45, 2.75) is 25.8 Å². The Balaban J connectivity index is 2.35. The minimum atomic E-state index is -0.528. The molecule has 2 rings (SSSR count). The molecule has 1 N–H and O–H groups in total. The van der Waals surface area contributed by atoms with E-state index < -0.39 is 11.6 Å². The molecule has 1 fully saturated rings. The zero-order chi connectivity index (χ0) is 12.4. The maximum atomic E-state index is 13.9. The van der Waals surface area contributed by atoms with Gasteiger partial charge in [-0.15, -0.1) is 0 Å². The largest absolute Gasteiger partial charge is 0.497 e. The van der Waals surface area contributed by atoms with Crippen molar-refractivity contribution in [3.63, 3.8) is 0 Å². The van der Waals surface area contributed by atoms with E-state index in [0.29, 0.717) is 12.5 Å². The molecule has 4 heteroatoms. The average Bonchev–Trinajstić information content (AvgIpc) is 3.10. The summed E-state index contributed by atoms with van der Waals surface area (Å²) < 4.78 is 32.6. The molecule has 1 aliphatic rings. The van der Waals surface area contributed by atoms with Crippen LogP contribution in [0.2, 0.25) is 0 Å². The lowest BCUT2D eigenvalue weighted by Gasteiger charge is -2.19. The Kier molecular flexibility index (Phi) is 3.62. The zero-order valence-corrected chi connectivity index (χ0v) is 10.1. The van der Waals surface area contributed by atoms with Crippen LogP contribution in [0.25, 0.3) is 0 Å². The van der Waals surface area contributed by atoms with Gasteiger partial charge in [0.2, 0.25) is 0 Å². The van der Waals surface area contributed by atoms with Crippen LogP contribution in [0.3, 0.4) is 0 Å². The highest BCUT2D eigenvalue weighted by atomic mass is 19.1. The highest BCUT2D eigenvalue weighted by Gasteiger charge is 2.35. The van der Waals surface area contributed by atoms with Crippen molar-refractivity contribution in [3.05, 3.63) is 29.3 Å². The number of methoxy groups -OCH3 is 1. The number of hydrogen-bond acceptors (Lipinski definition) is 2. The summed E-state index contributed by atoms with van der Waals surface area (Å²) >= 11 is 0.